The molecule has 27 heavy (non-hydrogen) atoms. The van der Waals surface area contributed by atoms with E-state index in [2.05, 4.69) is 4.74 Å². The van der Waals surface area contributed by atoms with E-state index in [9.17, 15) is 17.6 Å². The zero-order valence-corrected chi connectivity index (χ0v) is 15.1. The van der Waals surface area contributed by atoms with Gasteiger partial charge in [-0.25, -0.2) is 0 Å². The van der Waals surface area contributed by atoms with E-state index in [1.54, 1.807) is 6.08 Å². The molecule has 0 saturated heterocycles. The molecular formula is C20H24F4O3. The van der Waals surface area contributed by atoms with E-state index >= 15 is 0 Å². The quantitative estimate of drug-likeness (QED) is 0.278. The number of allylic oxidation sites excluding steroid dienone is 1. The molecule has 0 atom stereocenters. The standard InChI is InChI=1S/C20H24F4O3/c21-18-16(25-12-2-6-14-4-1-5-14)10-11-17(19(18)27-20(22,23)24)26-13-3-7-15-8-9-15/h2,6,10-11,14-15H,1,3-5,7-9,12-13H2/b6-2+. The van der Waals surface area contributed by atoms with Gasteiger partial charge in [-0.1, -0.05) is 31.4 Å². The number of benzene rings is 1. The monoisotopic (exact) mass is 388 g/mol. The molecule has 1 aromatic carbocycles. The lowest BCUT2D eigenvalue weighted by atomic mass is 9.85. The Bertz CT molecular complexity index is 649. The van der Waals surface area contributed by atoms with Crippen LogP contribution in [0.2, 0.25) is 0 Å². The summed E-state index contributed by atoms with van der Waals surface area (Å²) in [5.41, 5.74) is 0. The molecule has 2 saturated carbocycles. The van der Waals surface area contributed by atoms with Crippen LogP contribution < -0.4 is 14.2 Å². The minimum Gasteiger partial charge on any atom is -0.490 e. The van der Waals surface area contributed by atoms with Gasteiger partial charge in [0.1, 0.15) is 6.61 Å². The normalized spacial score (nSPS) is 17.8. The molecule has 3 rings (SSSR count). The first-order chi connectivity index (χ1) is 12.9. The summed E-state index contributed by atoms with van der Waals surface area (Å²) >= 11 is 0. The fourth-order valence-electron chi connectivity index (χ4n) is 2.94. The van der Waals surface area contributed by atoms with Crippen molar-refractivity contribution in [1.82, 2.24) is 0 Å². The molecule has 0 aliphatic heterocycles. The fraction of sp³-hybridized carbons (Fsp3) is 0.600. The van der Waals surface area contributed by atoms with Gasteiger partial charge in [-0.2, -0.15) is 4.39 Å². The number of rotatable bonds is 10. The summed E-state index contributed by atoms with van der Waals surface area (Å²) < 4.78 is 67.0. The highest BCUT2D eigenvalue weighted by molar-refractivity contribution is 5.47. The molecule has 0 bridgehead atoms. The lowest BCUT2D eigenvalue weighted by Crippen LogP contribution is -2.19. The van der Waals surface area contributed by atoms with E-state index in [1.807, 2.05) is 6.08 Å². The van der Waals surface area contributed by atoms with E-state index < -0.39 is 17.9 Å². The van der Waals surface area contributed by atoms with Gasteiger partial charge in [0, 0.05) is 0 Å². The first-order valence-corrected chi connectivity index (χ1v) is 9.43. The molecule has 0 spiro atoms. The summed E-state index contributed by atoms with van der Waals surface area (Å²) in [7, 11) is 0. The third kappa shape index (κ3) is 6.33. The van der Waals surface area contributed by atoms with Crippen LogP contribution in [-0.4, -0.2) is 19.6 Å². The van der Waals surface area contributed by atoms with Crippen molar-refractivity contribution >= 4 is 0 Å². The van der Waals surface area contributed by atoms with Crippen LogP contribution in [0.15, 0.2) is 24.3 Å². The van der Waals surface area contributed by atoms with Gasteiger partial charge >= 0.3 is 6.36 Å². The van der Waals surface area contributed by atoms with Gasteiger partial charge in [-0.05, 0) is 49.7 Å². The number of hydrogen-bond donors (Lipinski definition) is 0. The molecule has 7 heteroatoms. The summed E-state index contributed by atoms with van der Waals surface area (Å²) in [6.07, 6.45) is 6.25. The molecule has 0 radical (unpaired) electrons. The molecule has 2 fully saturated rings. The van der Waals surface area contributed by atoms with E-state index in [-0.39, 0.29) is 24.7 Å². The Balaban J connectivity index is 1.62. The first kappa shape index (κ1) is 19.8. The lowest BCUT2D eigenvalue weighted by Gasteiger charge is -2.21. The highest BCUT2D eigenvalue weighted by Crippen LogP contribution is 2.40. The van der Waals surface area contributed by atoms with Crippen molar-refractivity contribution in [3.63, 3.8) is 0 Å². The average molecular weight is 388 g/mol. The fourth-order valence-corrected chi connectivity index (χ4v) is 2.94. The number of alkyl halides is 3. The Kier molecular flexibility index (Phi) is 6.50. The topological polar surface area (TPSA) is 27.7 Å². The molecule has 150 valence electrons. The van der Waals surface area contributed by atoms with Crippen molar-refractivity contribution in [3.05, 3.63) is 30.1 Å². The van der Waals surface area contributed by atoms with Crippen LogP contribution in [0, 0.1) is 17.7 Å². The van der Waals surface area contributed by atoms with Crippen LogP contribution in [0.3, 0.4) is 0 Å². The molecule has 0 heterocycles. The molecule has 2 aliphatic carbocycles. The van der Waals surface area contributed by atoms with Crippen LogP contribution >= 0.6 is 0 Å². The second kappa shape index (κ2) is 8.85. The summed E-state index contributed by atoms with van der Waals surface area (Å²) in [4.78, 5) is 0. The Hall–Kier alpha value is -1.92. The SMILES string of the molecule is Fc1c(OC/C=C/C2CCC2)ccc(OCCCC2CC2)c1OC(F)(F)F. The smallest absolute Gasteiger partial charge is 0.490 e. The summed E-state index contributed by atoms with van der Waals surface area (Å²) in [6, 6.07) is 2.53. The van der Waals surface area contributed by atoms with Crippen LogP contribution in [0.25, 0.3) is 0 Å². The van der Waals surface area contributed by atoms with Crippen LogP contribution in [0.1, 0.15) is 44.9 Å². The van der Waals surface area contributed by atoms with Gasteiger partial charge in [-0.3, -0.25) is 0 Å². The van der Waals surface area contributed by atoms with Crippen LogP contribution in [0.5, 0.6) is 17.2 Å². The Morgan fingerprint density at radius 3 is 2.41 bits per heavy atom. The highest BCUT2D eigenvalue weighted by atomic mass is 19.4. The summed E-state index contributed by atoms with van der Waals surface area (Å²) in [6.45, 7) is 0.301. The minimum absolute atomic E-state index is 0.0838. The van der Waals surface area contributed by atoms with Crippen molar-refractivity contribution < 1.29 is 31.8 Å². The van der Waals surface area contributed by atoms with Crippen molar-refractivity contribution in [3.8, 4) is 17.2 Å². The molecule has 0 unspecified atom stereocenters. The van der Waals surface area contributed by atoms with Gasteiger partial charge in [0.2, 0.25) is 11.6 Å². The lowest BCUT2D eigenvalue weighted by molar-refractivity contribution is -0.276. The van der Waals surface area contributed by atoms with Crippen molar-refractivity contribution in [2.45, 2.75) is 51.3 Å². The van der Waals surface area contributed by atoms with Crippen LogP contribution in [0.4, 0.5) is 17.6 Å². The van der Waals surface area contributed by atoms with Crippen molar-refractivity contribution in [1.29, 1.82) is 0 Å². The Morgan fingerprint density at radius 1 is 1.04 bits per heavy atom. The summed E-state index contributed by atoms with van der Waals surface area (Å²) in [5, 5.41) is 0. The molecule has 0 amide bonds. The first-order valence-electron chi connectivity index (χ1n) is 9.43. The van der Waals surface area contributed by atoms with Gasteiger partial charge in [0.05, 0.1) is 6.61 Å². The Labute approximate surface area is 156 Å². The van der Waals surface area contributed by atoms with E-state index in [4.69, 9.17) is 9.47 Å². The highest BCUT2D eigenvalue weighted by Gasteiger charge is 2.35. The number of ether oxygens (including phenoxy) is 3. The van der Waals surface area contributed by atoms with E-state index in [1.165, 1.54) is 31.4 Å². The maximum atomic E-state index is 14.5. The van der Waals surface area contributed by atoms with Crippen molar-refractivity contribution in [2.75, 3.05) is 13.2 Å². The van der Waals surface area contributed by atoms with Crippen molar-refractivity contribution in [2.24, 2.45) is 11.8 Å². The third-order valence-corrected chi connectivity index (χ3v) is 4.85. The van der Waals surface area contributed by atoms with E-state index in [0.717, 1.165) is 19.3 Å². The van der Waals surface area contributed by atoms with E-state index in [0.29, 0.717) is 18.3 Å². The maximum Gasteiger partial charge on any atom is 0.573 e. The van der Waals surface area contributed by atoms with Gasteiger partial charge in [0.25, 0.3) is 0 Å². The molecule has 3 nitrogen and oxygen atoms in total. The molecular weight excluding hydrogens is 364 g/mol. The van der Waals surface area contributed by atoms with Crippen LogP contribution in [-0.2, 0) is 0 Å². The average Bonchev–Trinajstić information content (AvgIpc) is 3.37. The van der Waals surface area contributed by atoms with Gasteiger partial charge in [0.15, 0.2) is 11.5 Å². The second-order valence-corrected chi connectivity index (χ2v) is 7.12. The molecule has 1 aromatic rings. The summed E-state index contributed by atoms with van der Waals surface area (Å²) in [5.74, 6) is -1.52. The predicted octanol–water partition coefficient (Wildman–Crippen LogP) is 6.03. The minimum atomic E-state index is -5.02. The van der Waals surface area contributed by atoms with Gasteiger partial charge in [-0.15, -0.1) is 13.2 Å². The predicted molar refractivity (Wildman–Crippen MR) is 92.5 cm³/mol. The van der Waals surface area contributed by atoms with Gasteiger partial charge < -0.3 is 14.2 Å². The zero-order valence-electron chi connectivity index (χ0n) is 15.1. The maximum absolute atomic E-state index is 14.5. The number of halogens is 4. The zero-order chi connectivity index (χ0) is 19.3. The number of hydrogen-bond acceptors (Lipinski definition) is 3. The molecule has 0 N–H and O–H groups in total. The molecule has 2 aliphatic rings. The molecule has 0 aromatic heterocycles. The second-order valence-electron chi connectivity index (χ2n) is 7.12. The largest absolute Gasteiger partial charge is 0.573 e. The Morgan fingerprint density at radius 2 is 1.78 bits per heavy atom. The third-order valence-electron chi connectivity index (χ3n) is 4.85.